The molecule has 0 fully saturated rings. The largest absolute Gasteiger partial charge is 0.481 e. The first kappa shape index (κ1) is 14.7. The van der Waals surface area contributed by atoms with Crippen molar-refractivity contribution in [1.82, 2.24) is 0 Å². The van der Waals surface area contributed by atoms with Crippen LogP contribution in [0.5, 0.6) is 5.75 Å². The molecule has 1 aromatic heterocycles. The summed E-state index contributed by atoms with van der Waals surface area (Å²) in [6.07, 6.45) is -0.272. The summed E-state index contributed by atoms with van der Waals surface area (Å²) < 4.78 is 11.7. The van der Waals surface area contributed by atoms with Gasteiger partial charge in [0.05, 0.1) is 0 Å². The second kappa shape index (κ2) is 6.14. The van der Waals surface area contributed by atoms with Crippen LogP contribution in [0, 0.1) is 6.92 Å². The van der Waals surface area contributed by atoms with E-state index in [-0.39, 0.29) is 12.1 Å². The molecule has 0 aliphatic heterocycles. The average molecular weight is 273 g/mol. The van der Waals surface area contributed by atoms with Crippen LogP contribution in [-0.2, 0) is 0 Å². The van der Waals surface area contributed by atoms with Gasteiger partial charge in [-0.05, 0) is 49.6 Å². The van der Waals surface area contributed by atoms with Gasteiger partial charge in [0.1, 0.15) is 17.3 Å². The molecule has 0 amide bonds. The zero-order valence-corrected chi connectivity index (χ0v) is 12.6. The van der Waals surface area contributed by atoms with Gasteiger partial charge in [0.2, 0.25) is 0 Å². The third kappa shape index (κ3) is 3.42. The molecule has 3 nitrogen and oxygen atoms in total. The molecule has 20 heavy (non-hydrogen) atoms. The molecule has 2 rings (SSSR count). The van der Waals surface area contributed by atoms with Crippen LogP contribution in [0.2, 0.25) is 0 Å². The Morgan fingerprint density at radius 2 is 1.85 bits per heavy atom. The van der Waals surface area contributed by atoms with Crippen LogP contribution in [0.4, 0.5) is 0 Å². The summed E-state index contributed by atoms with van der Waals surface area (Å²) >= 11 is 0. The van der Waals surface area contributed by atoms with Crippen molar-refractivity contribution < 1.29 is 9.15 Å². The first-order valence-corrected chi connectivity index (χ1v) is 7.06. The second-order valence-corrected chi connectivity index (χ2v) is 5.57. The lowest BCUT2D eigenvalue weighted by molar-refractivity contribution is 0.151. The predicted octanol–water partition coefficient (Wildman–Crippen LogP) is 4.18. The Kier molecular flexibility index (Phi) is 4.50. The normalized spacial score (nSPS) is 14.3. The number of nitrogens with two attached hydrogens (primary N) is 1. The maximum absolute atomic E-state index is 6.05. The smallest absolute Gasteiger partial charge is 0.171 e. The predicted molar refractivity (Wildman–Crippen MR) is 81.0 cm³/mol. The zero-order chi connectivity index (χ0) is 14.7. The van der Waals surface area contributed by atoms with E-state index in [9.17, 15) is 0 Å². The monoisotopic (exact) mass is 273 g/mol. The van der Waals surface area contributed by atoms with Gasteiger partial charge in [-0.15, -0.1) is 0 Å². The van der Waals surface area contributed by atoms with Crippen LogP contribution < -0.4 is 10.5 Å². The van der Waals surface area contributed by atoms with Crippen LogP contribution in [-0.4, -0.2) is 6.04 Å². The molecule has 0 saturated carbocycles. The molecule has 2 atom stereocenters. The van der Waals surface area contributed by atoms with Crippen molar-refractivity contribution in [2.24, 2.45) is 5.73 Å². The summed E-state index contributed by atoms with van der Waals surface area (Å²) in [6, 6.07) is 11.8. The van der Waals surface area contributed by atoms with Crippen molar-refractivity contribution >= 4 is 0 Å². The van der Waals surface area contributed by atoms with Gasteiger partial charge in [-0.25, -0.2) is 0 Å². The van der Waals surface area contributed by atoms with E-state index < -0.39 is 0 Å². The van der Waals surface area contributed by atoms with Gasteiger partial charge >= 0.3 is 0 Å². The van der Waals surface area contributed by atoms with Crippen molar-refractivity contribution in [3.05, 3.63) is 53.5 Å². The molecule has 0 saturated heterocycles. The minimum atomic E-state index is -0.272. The molecule has 0 aliphatic rings. The number of hydrogen-bond acceptors (Lipinski definition) is 3. The van der Waals surface area contributed by atoms with Crippen LogP contribution in [0.15, 0.2) is 40.8 Å². The van der Waals surface area contributed by atoms with Gasteiger partial charge in [0.25, 0.3) is 0 Å². The highest BCUT2D eigenvalue weighted by Gasteiger charge is 2.21. The summed E-state index contributed by atoms with van der Waals surface area (Å²) in [4.78, 5) is 0. The Bertz CT molecular complexity index is 558. The van der Waals surface area contributed by atoms with Gasteiger partial charge in [-0.2, -0.15) is 0 Å². The minimum absolute atomic E-state index is 0.150. The fourth-order valence-corrected chi connectivity index (χ4v) is 2.12. The fraction of sp³-hybridized carbons (Fsp3) is 0.412. The van der Waals surface area contributed by atoms with Crippen LogP contribution >= 0.6 is 0 Å². The second-order valence-electron chi connectivity index (χ2n) is 5.57. The maximum Gasteiger partial charge on any atom is 0.171 e. The number of hydrogen-bond donors (Lipinski definition) is 1. The molecular formula is C17H23NO2. The van der Waals surface area contributed by atoms with Crippen molar-refractivity contribution in [1.29, 1.82) is 0 Å². The SMILES string of the molecule is Cc1ccc(C(Oc2cccc(C(C)C)c2)C(C)N)o1. The summed E-state index contributed by atoms with van der Waals surface area (Å²) in [5, 5.41) is 0. The molecule has 2 unspecified atom stereocenters. The van der Waals surface area contributed by atoms with Crippen LogP contribution in [0.25, 0.3) is 0 Å². The molecule has 0 spiro atoms. The summed E-state index contributed by atoms with van der Waals surface area (Å²) in [7, 11) is 0. The van der Waals surface area contributed by atoms with E-state index in [1.54, 1.807) is 0 Å². The van der Waals surface area contributed by atoms with E-state index in [0.717, 1.165) is 17.3 Å². The molecule has 2 N–H and O–H groups in total. The molecule has 1 heterocycles. The number of benzene rings is 1. The van der Waals surface area contributed by atoms with Gasteiger partial charge in [-0.1, -0.05) is 26.0 Å². The first-order valence-electron chi connectivity index (χ1n) is 7.06. The van der Waals surface area contributed by atoms with Crippen molar-refractivity contribution in [2.75, 3.05) is 0 Å². The van der Waals surface area contributed by atoms with Gasteiger partial charge in [0, 0.05) is 6.04 Å². The lowest BCUT2D eigenvalue weighted by atomic mass is 10.0. The van der Waals surface area contributed by atoms with Crippen molar-refractivity contribution in [2.45, 2.75) is 45.8 Å². The zero-order valence-electron chi connectivity index (χ0n) is 12.6. The number of ether oxygens (including phenoxy) is 1. The molecule has 2 aromatic rings. The minimum Gasteiger partial charge on any atom is -0.481 e. The first-order chi connectivity index (χ1) is 9.47. The van der Waals surface area contributed by atoms with E-state index in [1.807, 2.05) is 38.1 Å². The Morgan fingerprint density at radius 3 is 2.40 bits per heavy atom. The third-order valence-corrected chi connectivity index (χ3v) is 3.31. The van der Waals surface area contributed by atoms with Crippen molar-refractivity contribution in [3.8, 4) is 5.75 Å². The van der Waals surface area contributed by atoms with Gasteiger partial charge < -0.3 is 14.9 Å². The average Bonchev–Trinajstić information content (AvgIpc) is 2.82. The number of furan rings is 1. The summed E-state index contributed by atoms with van der Waals surface area (Å²) in [5.74, 6) is 2.93. The summed E-state index contributed by atoms with van der Waals surface area (Å²) in [6.45, 7) is 8.17. The number of rotatable bonds is 5. The highest BCUT2D eigenvalue weighted by atomic mass is 16.5. The summed E-state index contributed by atoms with van der Waals surface area (Å²) in [5.41, 5.74) is 7.29. The van der Waals surface area contributed by atoms with Gasteiger partial charge in [-0.3, -0.25) is 0 Å². The molecule has 1 aromatic carbocycles. The lowest BCUT2D eigenvalue weighted by Crippen LogP contribution is -2.28. The van der Waals surface area contributed by atoms with Crippen molar-refractivity contribution in [3.63, 3.8) is 0 Å². The van der Waals surface area contributed by atoms with E-state index >= 15 is 0 Å². The quantitative estimate of drug-likeness (QED) is 0.889. The Morgan fingerprint density at radius 1 is 1.10 bits per heavy atom. The molecule has 3 heteroatoms. The van der Waals surface area contributed by atoms with Gasteiger partial charge in [0.15, 0.2) is 6.10 Å². The highest BCUT2D eigenvalue weighted by Crippen LogP contribution is 2.27. The Labute approximate surface area is 120 Å². The number of aryl methyl sites for hydroxylation is 1. The molecular weight excluding hydrogens is 250 g/mol. The molecule has 108 valence electrons. The highest BCUT2D eigenvalue weighted by molar-refractivity contribution is 5.31. The Balaban J connectivity index is 2.22. The van der Waals surface area contributed by atoms with E-state index in [0.29, 0.717) is 5.92 Å². The van der Waals surface area contributed by atoms with E-state index in [4.69, 9.17) is 14.9 Å². The standard InChI is InChI=1S/C17H23NO2/c1-11(2)14-6-5-7-15(10-14)20-17(13(4)18)16-9-8-12(3)19-16/h5-11,13,17H,18H2,1-4H3. The van der Waals surface area contributed by atoms with Crippen LogP contribution in [0.3, 0.4) is 0 Å². The Hall–Kier alpha value is -1.74. The lowest BCUT2D eigenvalue weighted by Gasteiger charge is -2.21. The van der Waals surface area contributed by atoms with E-state index in [1.165, 1.54) is 5.56 Å². The topological polar surface area (TPSA) is 48.4 Å². The molecule has 0 radical (unpaired) electrons. The fourth-order valence-electron chi connectivity index (χ4n) is 2.12. The van der Waals surface area contributed by atoms with E-state index in [2.05, 4.69) is 26.0 Å². The maximum atomic E-state index is 6.05. The molecule has 0 bridgehead atoms. The van der Waals surface area contributed by atoms with Crippen LogP contribution in [0.1, 0.15) is 49.9 Å². The molecule has 0 aliphatic carbocycles. The third-order valence-electron chi connectivity index (χ3n) is 3.31.